The molecule has 1 aromatic heterocycles. The Balaban J connectivity index is 1.13. The minimum atomic E-state index is -4.00. The van der Waals surface area contributed by atoms with Crippen LogP contribution in [0.1, 0.15) is 85.5 Å². The van der Waals surface area contributed by atoms with E-state index in [0.717, 1.165) is 24.6 Å². The molecule has 0 unspecified atom stereocenters. The van der Waals surface area contributed by atoms with Crippen molar-refractivity contribution in [2.75, 3.05) is 26.8 Å². The number of nitrogens with one attached hydrogen (secondary N) is 2. The Morgan fingerprint density at radius 2 is 1.79 bits per heavy atom. The van der Waals surface area contributed by atoms with E-state index in [-0.39, 0.29) is 37.1 Å². The second-order valence-electron chi connectivity index (χ2n) is 17.6. The van der Waals surface area contributed by atoms with Crippen molar-refractivity contribution < 1.29 is 46.5 Å². The highest BCUT2D eigenvalue weighted by Crippen LogP contribution is 2.48. The van der Waals surface area contributed by atoms with Gasteiger partial charge in [0.15, 0.2) is 11.5 Å². The number of ether oxygens (including phenoxy) is 4. The molecule has 4 heterocycles. The van der Waals surface area contributed by atoms with Crippen LogP contribution in [0.3, 0.4) is 0 Å². The zero-order valence-corrected chi connectivity index (χ0v) is 34.1. The van der Waals surface area contributed by atoms with E-state index in [1.165, 1.54) is 9.80 Å². The highest BCUT2D eigenvalue weighted by atomic mass is 32.2. The summed E-state index contributed by atoms with van der Waals surface area (Å²) in [5, 5.41) is 4.33. The number of carbonyl (C=O) groups excluding carboxylic acids is 4. The average molecular weight is 808 g/mol. The highest BCUT2D eigenvalue weighted by molar-refractivity contribution is 7.91. The fourth-order valence-corrected chi connectivity index (χ4v) is 9.90. The van der Waals surface area contributed by atoms with Crippen LogP contribution in [-0.4, -0.2) is 108 Å². The molecule has 15 nitrogen and oxygen atoms in total. The largest absolute Gasteiger partial charge is 0.486 e. The first-order valence-corrected chi connectivity index (χ1v) is 21.7. The van der Waals surface area contributed by atoms with Crippen molar-refractivity contribution in [2.45, 2.75) is 120 Å². The van der Waals surface area contributed by atoms with Crippen molar-refractivity contribution in [3.63, 3.8) is 0 Å². The van der Waals surface area contributed by atoms with Crippen LogP contribution in [0.15, 0.2) is 36.5 Å². The fourth-order valence-electron chi connectivity index (χ4n) is 8.59. The van der Waals surface area contributed by atoms with Gasteiger partial charge in [-0.15, -0.1) is 0 Å². The summed E-state index contributed by atoms with van der Waals surface area (Å²) in [6.07, 6.45) is 8.79. The minimum Gasteiger partial charge on any atom is -0.486 e. The molecular weight excluding hydrogens is 755 g/mol. The van der Waals surface area contributed by atoms with Gasteiger partial charge in [-0.25, -0.2) is 18.2 Å². The molecule has 0 spiro atoms. The smallest absolute Gasteiger partial charge is 0.410 e. The maximum atomic E-state index is 15.1. The summed E-state index contributed by atoms with van der Waals surface area (Å²) < 4.78 is 51.8. The van der Waals surface area contributed by atoms with Gasteiger partial charge in [0.1, 0.15) is 42.5 Å². The molecule has 4 amide bonds. The molecule has 6 aliphatic rings. The second-order valence-corrected chi connectivity index (χ2v) is 19.8. The Morgan fingerprint density at radius 1 is 1.04 bits per heavy atom. The Kier molecular flexibility index (Phi) is 9.88. The lowest BCUT2D eigenvalue weighted by Crippen LogP contribution is -2.59. The summed E-state index contributed by atoms with van der Waals surface area (Å²) in [6.45, 7) is 8.31. The summed E-state index contributed by atoms with van der Waals surface area (Å²) in [6, 6.07) is 3.32. The second kappa shape index (κ2) is 14.3. The van der Waals surface area contributed by atoms with E-state index in [9.17, 15) is 22.8 Å². The molecule has 8 rings (SSSR count). The molecule has 1 aromatic carbocycles. The van der Waals surface area contributed by atoms with Gasteiger partial charge in [-0.2, -0.15) is 0 Å². The summed E-state index contributed by atoms with van der Waals surface area (Å²) in [5.74, 6) is -0.997. The number of fused-ring (bicyclic) bond motifs is 5. The van der Waals surface area contributed by atoms with E-state index in [0.29, 0.717) is 55.8 Å². The van der Waals surface area contributed by atoms with Gasteiger partial charge in [0.2, 0.25) is 27.7 Å². The van der Waals surface area contributed by atoms with E-state index in [1.54, 1.807) is 26.2 Å². The lowest BCUT2D eigenvalue weighted by Gasteiger charge is -2.37. The maximum absolute atomic E-state index is 15.1. The van der Waals surface area contributed by atoms with E-state index >= 15 is 4.79 Å². The molecule has 1 saturated heterocycles. The van der Waals surface area contributed by atoms with Gasteiger partial charge < -0.3 is 29.2 Å². The van der Waals surface area contributed by atoms with E-state index in [1.807, 2.05) is 38.1 Å². The van der Waals surface area contributed by atoms with Gasteiger partial charge in [-0.05, 0) is 95.2 Å². The Labute approximate surface area is 333 Å². The monoisotopic (exact) mass is 807 g/mol. The first-order valence-electron chi connectivity index (χ1n) is 20.2. The number of likely N-dealkylation sites (N-methyl/N-ethyl adjacent to an activating group) is 1. The molecule has 3 saturated carbocycles. The highest BCUT2D eigenvalue weighted by Gasteiger charge is 2.63. The van der Waals surface area contributed by atoms with Gasteiger partial charge >= 0.3 is 6.09 Å². The quantitative estimate of drug-likeness (QED) is 0.382. The van der Waals surface area contributed by atoms with Crippen molar-refractivity contribution in [3.05, 3.63) is 36.5 Å². The SMILES string of the molecule is C[C@@H]1CC/C=C\[C@@H]2C[C@@]2(C(=O)NS(=O)(=O)C2(C)CC2)NC(=O)[C@@H]2C[C@@H](Oc3nccc4c5c(ccc34)OCCO5)CN2C(=O)[C@@H](N(C)C(=O)OC2(C)CC2)[C@H](C)C1. The predicted octanol–water partition coefficient (Wildman–Crippen LogP) is 4.23. The van der Waals surface area contributed by atoms with Crippen LogP contribution in [0.5, 0.6) is 17.4 Å². The van der Waals surface area contributed by atoms with Gasteiger partial charge in [0.25, 0.3) is 5.91 Å². The standard InChI is InChI=1S/C41H53N5O10S/c1-24-8-6-7-9-26-22-41(26,37(49)44-57(51,52)40(4)15-16-40)43-34(47)30-21-27(55-35-29-10-11-31-33(54-19-18-53-31)28(29)12-17-42-35)23-46(30)36(48)32(25(2)20-24)45(5)38(50)56-39(3)13-14-39/h7,9-12,17,24-27,30,32H,6,8,13-16,18-23H2,1-5H3,(H,43,47)(H,44,49)/b9-7-/t24-,25-,26-,27-,30+,32+,41-/m1/s1. The Hall–Kier alpha value is -4.60. The molecule has 0 bridgehead atoms. The van der Waals surface area contributed by atoms with Crippen LogP contribution < -0.4 is 24.2 Å². The lowest BCUT2D eigenvalue weighted by atomic mass is 9.87. The zero-order valence-electron chi connectivity index (χ0n) is 33.2. The Bertz CT molecular complexity index is 2120. The molecular formula is C41H53N5O10S. The molecule has 2 aromatic rings. The van der Waals surface area contributed by atoms with Gasteiger partial charge in [-0.3, -0.25) is 24.0 Å². The molecule has 16 heteroatoms. The number of aromatic nitrogens is 1. The molecule has 4 fully saturated rings. The van der Waals surface area contributed by atoms with Gasteiger partial charge in [0, 0.05) is 36.4 Å². The van der Waals surface area contributed by atoms with Gasteiger partial charge in [0.05, 0.1) is 11.3 Å². The molecule has 0 radical (unpaired) electrons. The van der Waals surface area contributed by atoms with E-state index in [4.69, 9.17) is 18.9 Å². The van der Waals surface area contributed by atoms with Crippen molar-refractivity contribution in [1.29, 1.82) is 0 Å². The molecule has 308 valence electrons. The fraction of sp³-hybridized carbons (Fsp3) is 0.634. The summed E-state index contributed by atoms with van der Waals surface area (Å²) in [4.78, 5) is 64.6. The van der Waals surface area contributed by atoms with E-state index < -0.39 is 73.8 Å². The number of rotatable bonds is 7. The van der Waals surface area contributed by atoms with Crippen LogP contribution in [0.2, 0.25) is 0 Å². The van der Waals surface area contributed by atoms with Crippen molar-refractivity contribution in [2.24, 2.45) is 17.8 Å². The Morgan fingerprint density at radius 3 is 2.53 bits per heavy atom. The third kappa shape index (κ3) is 7.49. The summed E-state index contributed by atoms with van der Waals surface area (Å²) in [7, 11) is -2.44. The van der Waals surface area contributed by atoms with Crippen LogP contribution in [0, 0.1) is 17.8 Å². The molecule has 2 N–H and O–H groups in total. The first kappa shape index (κ1) is 39.2. The third-order valence-corrected chi connectivity index (χ3v) is 15.0. The van der Waals surface area contributed by atoms with Crippen molar-refractivity contribution in [3.8, 4) is 17.4 Å². The minimum absolute atomic E-state index is 0.0197. The van der Waals surface area contributed by atoms with E-state index in [2.05, 4.69) is 21.9 Å². The number of allylic oxidation sites excluding steroid dienone is 1. The number of carbonyl (C=O) groups is 4. The maximum Gasteiger partial charge on any atom is 0.410 e. The number of sulfonamides is 1. The van der Waals surface area contributed by atoms with Crippen LogP contribution >= 0.6 is 0 Å². The molecule has 3 aliphatic carbocycles. The number of pyridine rings is 1. The molecule has 57 heavy (non-hydrogen) atoms. The van der Waals surface area contributed by atoms with Crippen molar-refractivity contribution in [1.82, 2.24) is 24.8 Å². The topological polar surface area (TPSA) is 183 Å². The predicted molar refractivity (Wildman–Crippen MR) is 208 cm³/mol. The lowest BCUT2D eigenvalue weighted by molar-refractivity contribution is -0.144. The summed E-state index contributed by atoms with van der Waals surface area (Å²) >= 11 is 0. The number of benzene rings is 1. The van der Waals surface area contributed by atoms with Crippen LogP contribution in [0.4, 0.5) is 4.79 Å². The molecule has 7 atom stereocenters. The zero-order chi connectivity index (χ0) is 40.5. The number of hydrogen-bond acceptors (Lipinski definition) is 11. The van der Waals surface area contributed by atoms with Crippen LogP contribution in [0.25, 0.3) is 10.8 Å². The average Bonchev–Trinajstić information content (AvgIpc) is 4.13. The number of hydrogen-bond donors (Lipinski definition) is 2. The van der Waals surface area contributed by atoms with Gasteiger partial charge in [-0.1, -0.05) is 26.0 Å². The number of amides is 4. The third-order valence-electron chi connectivity index (χ3n) is 12.9. The number of nitrogens with zero attached hydrogens (tertiary/aromatic N) is 3. The first-order chi connectivity index (χ1) is 27.0. The van der Waals surface area contributed by atoms with Crippen molar-refractivity contribution >= 4 is 44.6 Å². The van der Waals surface area contributed by atoms with Crippen LogP contribution in [-0.2, 0) is 29.1 Å². The molecule has 3 aliphatic heterocycles. The summed E-state index contributed by atoms with van der Waals surface area (Å²) in [5.41, 5.74) is -2.11. The normalized spacial score (nSPS) is 32.0.